The van der Waals surface area contributed by atoms with Gasteiger partial charge in [0.15, 0.2) is 0 Å². The molecule has 3 N–H and O–H groups in total. The molecule has 0 aliphatic carbocycles. The summed E-state index contributed by atoms with van der Waals surface area (Å²) in [5.74, 6) is 0.862. The Morgan fingerprint density at radius 3 is 2.53 bits per heavy atom. The number of ether oxygens (including phenoxy) is 2. The second-order valence-corrected chi connectivity index (χ2v) is 3.23. The van der Waals surface area contributed by atoms with Crippen LogP contribution in [0.25, 0.3) is 0 Å². The van der Waals surface area contributed by atoms with Crippen LogP contribution in [-0.2, 0) is 0 Å². The van der Waals surface area contributed by atoms with E-state index in [1.54, 1.807) is 6.07 Å². The smallest absolute Gasteiger partial charge is 0.131 e. The number of halogens is 1. The van der Waals surface area contributed by atoms with Crippen molar-refractivity contribution >= 4 is 12.4 Å². The van der Waals surface area contributed by atoms with Crippen molar-refractivity contribution in [2.75, 3.05) is 14.2 Å². The fraction of sp³-hybridized carbons (Fsp3) is 0.364. The normalized spacial score (nSPS) is 10.9. The monoisotopic (exact) mass is 258 g/mol. The Morgan fingerprint density at radius 2 is 2.06 bits per heavy atom. The highest BCUT2D eigenvalue weighted by Crippen LogP contribution is 2.37. The van der Waals surface area contributed by atoms with Gasteiger partial charge in [-0.05, 0) is 0 Å². The molecule has 6 heteroatoms. The fourth-order valence-corrected chi connectivity index (χ4v) is 1.45. The number of phenols is 1. The molecule has 0 saturated carbocycles. The predicted octanol–water partition coefficient (Wildman–Crippen LogP) is 1.74. The molecule has 0 fully saturated rings. The topological polar surface area (TPSA) is 88.5 Å². The van der Waals surface area contributed by atoms with Crippen LogP contribution in [0.4, 0.5) is 0 Å². The number of nitrogens with two attached hydrogens (primary N) is 1. The molecule has 94 valence electrons. The third-order valence-corrected chi connectivity index (χ3v) is 2.23. The number of phenolic OH excluding ortho intramolecular Hbond substituents is 1. The average molecular weight is 259 g/mol. The molecule has 1 aromatic carbocycles. The van der Waals surface area contributed by atoms with Gasteiger partial charge in [-0.3, -0.25) is 0 Å². The van der Waals surface area contributed by atoms with Crippen LogP contribution in [0.15, 0.2) is 12.1 Å². The SMILES string of the molecule is COc1cc(O)c([C@H](N)CC#N)c(OC)c1.Cl. The maximum Gasteiger partial charge on any atom is 0.131 e. The number of nitrogens with zero attached hydrogens (tertiary/aromatic N) is 1. The highest BCUT2D eigenvalue weighted by Gasteiger charge is 2.18. The molecule has 0 bridgehead atoms. The van der Waals surface area contributed by atoms with Gasteiger partial charge in [-0.25, -0.2) is 0 Å². The molecule has 5 nitrogen and oxygen atoms in total. The van der Waals surface area contributed by atoms with Crippen LogP contribution in [0.1, 0.15) is 18.0 Å². The summed E-state index contributed by atoms with van der Waals surface area (Å²) in [6, 6.07) is 4.43. The Bertz CT molecular complexity index is 418. The summed E-state index contributed by atoms with van der Waals surface area (Å²) >= 11 is 0. The molecular formula is C11H15ClN2O3. The standard InChI is InChI=1S/C11H14N2O3.ClH/c1-15-7-5-9(14)11(8(13)3-4-12)10(6-7)16-2;/h5-6,8,14H,3,13H2,1-2H3;1H/t8-;/m1./s1. The summed E-state index contributed by atoms with van der Waals surface area (Å²) in [5, 5.41) is 18.4. The van der Waals surface area contributed by atoms with Crippen molar-refractivity contribution in [2.24, 2.45) is 5.73 Å². The van der Waals surface area contributed by atoms with E-state index in [0.717, 1.165) is 0 Å². The van der Waals surface area contributed by atoms with Crippen LogP contribution in [0.3, 0.4) is 0 Å². The summed E-state index contributed by atoms with van der Waals surface area (Å²) in [7, 11) is 2.96. The van der Waals surface area contributed by atoms with Gasteiger partial charge in [0.05, 0.1) is 38.3 Å². The van der Waals surface area contributed by atoms with Crippen molar-refractivity contribution < 1.29 is 14.6 Å². The molecule has 0 radical (unpaired) electrons. The fourth-order valence-electron chi connectivity index (χ4n) is 1.45. The lowest BCUT2D eigenvalue weighted by Crippen LogP contribution is -2.11. The molecule has 1 aromatic rings. The summed E-state index contributed by atoms with van der Waals surface area (Å²) in [6.07, 6.45) is 0.107. The lowest BCUT2D eigenvalue weighted by Gasteiger charge is -2.16. The first-order valence-electron chi connectivity index (χ1n) is 4.71. The zero-order valence-corrected chi connectivity index (χ0v) is 10.5. The van der Waals surface area contributed by atoms with Crippen LogP contribution in [0.2, 0.25) is 0 Å². The molecule has 17 heavy (non-hydrogen) atoms. The second-order valence-electron chi connectivity index (χ2n) is 3.23. The van der Waals surface area contributed by atoms with Crippen molar-refractivity contribution in [3.05, 3.63) is 17.7 Å². The minimum absolute atomic E-state index is 0. The van der Waals surface area contributed by atoms with Gasteiger partial charge in [0, 0.05) is 12.1 Å². The zero-order valence-electron chi connectivity index (χ0n) is 9.64. The number of aromatic hydroxyl groups is 1. The Morgan fingerprint density at radius 1 is 1.41 bits per heavy atom. The second kappa shape index (κ2) is 6.84. The molecule has 0 aliphatic heterocycles. The Labute approximate surface area is 106 Å². The van der Waals surface area contributed by atoms with Crippen LogP contribution >= 0.6 is 12.4 Å². The minimum atomic E-state index is -0.578. The number of benzene rings is 1. The molecule has 0 amide bonds. The predicted molar refractivity (Wildman–Crippen MR) is 65.6 cm³/mol. The van der Waals surface area contributed by atoms with Crippen molar-refractivity contribution in [1.29, 1.82) is 5.26 Å². The van der Waals surface area contributed by atoms with Crippen LogP contribution < -0.4 is 15.2 Å². The summed E-state index contributed by atoms with van der Waals surface area (Å²) in [5.41, 5.74) is 6.19. The van der Waals surface area contributed by atoms with Gasteiger partial charge in [-0.1, -0.05) is 0 Å². The number of nitriles is 1. The van der Waals surface area contributed by atoms with E-state index in [-0.39, 0.29) is 24.6 Å². The first-order valence-corrected chi connectivity index (χ1v) is 4.71. The summed E-state index contributed by atoms with van der Waals surface area (Å²) < 4.78 is 10.1. The Kier molecular flexibility index (Phi) is 6.18. The van der Waals surface area contributed by atoms with Crippen molar-refractivity contribution in [2.45, 2.75) is 12.5 Å². The minimum Gasteiger partial charge on any atom is -0.507 e. The number of hydrogen-bond acceptors (Lipinski definition) is 5. The highest BCUT2D eigenvalue weighted by molar-refractivity contribution is 5.85. The van der Waals surface area contributed by atoms with Crippen LogP contribution in [0.5, 0.6) is 17.2 Å². The van der Waals surface area contributed by atoms with Gasteiger partial charge >= 0.3 is 0 Å². The number of hydrogen-bond donors (Lipinski definition) is 2. The highest BCUT2D eigenvalue weighted by atomic mass is 35.5. The molecule has 0 saturated heterocycles. The van der Waals surface area contributed by atoms with Crippen molar-refractivity contribution in [3.63, 3.8) is 0 Å². The quantitative estimate of drug-likeness (QED) is 0.859. The van der Waals surface area contributed by atoms with Crippen LogP contribution in [0, 0.1) is 11.3 Å². The van der Waals surface area contributed by atoms with E-state index in [9.17, 15) is 5.11 Å². The van der Waals surface area contributed by atoms with Gasteiger partial charge in [0.2, 0.25) is 0 Å². The van der Waals surface area contributed by atoms with E-state index in [1.807, 2.05) is 6.07 Å². The van der Waals surface area contributed by atoms with E-state index in [1.165, 1.54) is 20.3 Å². The largest absolute Gasteiger partial charge is 0.507 e. The number of methoxy groups -OCH3 is 2. The lowest BCUT2D eigenvalue weighted by atomic mass is 10.0. The third-order valence-electron chi connectivity index (χ3n) is 2.23. The number of rotatable bonds is 4. The molecule has 0 aliphatic rings. The molecule has 0 heterocycles. The van der Waals surface area contributed by atoms with E-state index < -0.39 is 6.04 Å². The maximum atomic E-state index is 9.78. The van der Waals surface area contributed by atoms with Gasteiger partial charge in [0.25, 0.3) is 0 Å². The first-order chi connectivity index (χ1) is 7.63. The zero-order chi connectivity index (χ0) is 12.1. The molecule has 0 aromatic heterocycles. The van der Waals surface area contributed by atoms with E-state index in [0.29, 0.717) is 17.1 Å². The molecule has 1 atom stereocenters. The van der Waals surface area contributed by atoms with E-state index >= 15 is 0 Å². The molecular weight excluding hydrogens is 244 g/mol. The third kappa shape index (κ3) is 3.41. The van der Waals surface area contributed by atoms with Gasteiger partial charge < -0.3 is 20.3 Å². The van der Waals surface area contributed by atoms with Gasteiger partial charge in [0.1, 0.15) is 17.2 Å². The Balaban J connectivity index is 0.00000256. The maximum absolute atomic E-state index is 9.78. The molecule has 0 spiro atoms. The van der Waals surface area contributed by atoms with Gasteiger partial charge in [-0.15, -0.1) is 12.4 Å². The average Bonchev–Trinajstić information content (AvgIpc) is 2.27. The van der Waals surface area contributed by atoms with Gasteiger partial charge in [-0.2, -0.15) is 5.26 Å². The summed E-state index contributed by atoms with van der Waals surface area (Å²) in [6.45, 7) is 0. The van der Waals surface area contributed by atoms with Crippen molar-refractivity contribution in [3.8, 4) is 23.3 Å². The molecule has 0 unspecified atom stereocenters. The van der Waals surface area contributed by atoms with E-state index in [2.05, 4.69) is 0 Å². The van der Waals surface area contributed by atoms with Crippen molar-refractivity contribution in [1.82, 2.24) is 0 Å². The first kappa shape index (κ1) is 15.4. The lowest BCUT2D eigenvalue weighted by molar-refractivity contribution is 0.375. The van der Waals surface area contributed by atoms with E-state index in [4.69, 9.17) is 20.5 Å². The van der Waals surface area contributed by atoms with Crippen LogP contribution in [-0.4, -0.2) is 19.3 Å². The molecule has 1 rings (SSSR count). The summed E-state index contributed by atoms with van der Waals surface area (Å²) in [4.78, 5) is 0. The Hall–Kier alpha value is -1.64.